The second-order valence-corrected chi connectivity index (χ2v) is 2.75. The van der Waals surface area contributed by atoms with E-state index in [0.29, 0.717) is 0 Å². The first-order chi connectivity index (χ1) is 7.08. The van der Waals surface area contributed by atoms with E-state index >= 15 is 0 Å². The number of hydrogen-bond donors (Lipinski definition) is 0. The van der Waals surface area contributed by atoms with Crippen molar-refractivity contribution in [3.05, 3.63) is 34.1 Å². The van der Waals surface area contributed by atoms with Crippen LogP contribution in [0, 0.1) is 40.1 Å². The summed E-state index contributed by atoms with van der Waals surface area (Å²) < 4.78 is 39.1. The van der Waals surface area contributed by atoms with Crippen LogP contribution >= 0.6 is 0 Å². The summed E-state index contributed by atoms with van der Waals surface area (Å²) in [6.45, 7) is 1.48. The van der Waals surface area contributed by atoms with E-state index in [1.54, 1.807) is 0 Å². The average Bonchev–Trinajstić information content (AvgIpc) is 2.25. The number of halogens is 3. The predicted octanol–water partition coefficient (Wildman–Crippen LogP) is 2.41. The van der Waals surface area contributed by atoms with Crippen molar-refractivity contribution in [1.29, 1.82) is 10.5 Å². The first kappa shape index (κ1) is 11.1. The molecule has 0 radical (unpaired) electrons. The molecule has 0 aliphatic rings. The summed E-state index contributed by atoms with van der Waals surface area (Å²) >= 11 is 0. The lowest BCUT2D eigenvalue weighted by Gasteiger charge is -2.06. The van der Waals surface area contributed by atoms with Gasteiger partial charge in [-0.2, -0.15) is 10.5 Å². The van der Waals surface area contributed by atoms with E-state index in [1.807, 2.05) is 0 Å². The summed E-state index contributed by atoms with van der Waals surface area (Å²) in [4.78, 5) is 0. The molecule has 15 heavy (non-hydrogen) atoms. The molecule has 1 rings (SSSR count). The molecule has 1 aromatic carbocycles. The van der Waals surface area contributed by atoms with E-state index in [0.717, 1.165) is 0 Å². The van der Waals surface area contributed by atoms with Crippen LogP contribution in [-0.2, 0) is 6.42 Å². The summed E-state index contributed by atoms with van der Waals surface area (Å²) in [6, 6.07) is 2.86. The molecule has 0 spiro atoms. The van der Waals surface area contributed by atoms with E-state index in [1.165, 1.54) is 19.1 Å². The molecule has 0 aliphatic carbocycles. The lowest BCUT2D eigenvalue weighted by molar-refractivity contribution is 0.439. The Kier molecular flexibility index (Phi) is 2.96. The molecular formula is C10H5F3N2. The summed E-state index contributed by atoms with van der Waals surface area (Å²) in [5.41, 5.74) is -1.45. The Hall–Kier alpha value is -2.01. The van der Waals surface area contributed by atoms with Crippen molar-refractivity contribution in [3.8, 4) is 12.1 Å². The summed E-state index contributed by atoms with van der Waals surface area (Å²) in [7, 11) is 0. The monoisotopic (exact) mass is 210 g/mol. The molecule has 0 saturated heterocycles. The Morgan fingerprint density at radius 3 is 1.87 bits per heavy atom. The number of benzene rings is 1. The zero-order valence-electron chi connectivity index (χ0n) is 7.74. The highest BCUT2D eigenvalue weighted by molar-refractivity contribution is 5.52. The molecule has 1 aromatic rings. The highest BCUT2D eigenvalue weighted by Crippen LogP contribution is 2.24. The number of nitrogens with zero attached hydrogens (tertiary/aromatic N) is 2. The van der Waals surface area contributed by atoms with Crippen molar-refractivity contribution in [3.63, 3.8) is 0 Å². The summed E-state index contributed by atoms with van der Waals surface area (Å²) in [5.74, 6) is -4.71. The van der Waals surface area contributed by atoms with Crippen molar-refractivity contribution < 1.29 is 13.2 Å². The maximum atomic E-state index is 13.2. The minimum Gasteiger partial charge on any atom is -0.203 e. The quantitative estimate of drug-likeness (QED) is 0.668. The van der Waals surface area contributed by atoms with Gasteiger partial charge in [0, 0.05) is 5.56 Å². The van der Waals surface area contributed by atoms with Gasteiger partial charge in [-0.3, -0.25) is 0 Å². The second kappa shape index (κ2) is 4.02. The van der Waals surface area contributed by atoms with Crippen LogP contribution in [0.5, 0.6) is 0 Å². The normalized spacial score (nSPS) is 9.47. The first-order valence-electron chi connectivity index (χ1n) is 4.07. The molecule has 0 amide bonds. The molecule has 0 atom stereocenters. The molecule has 0 N–H and O–H groups in total. The zero-order chi connectivity index (χ0) is 11.6. The van der Waals surface area contributed by atoms with Gasteiger partial charge in [-0.15, -0.1) is 0 Å². The molecule has 0 fully saturated rings. The van der Waals surface area contributed by atoms with Crippen molar-refractivity contribution in [2.24, 2.45) is 0 Å². The van der Waals surface area contributed by atoms with E-state index in [4.69, 9.17) is 10.5 Å². The Labute approximate surface area is 84.2 Å². The highest BCUT2D eigenvalue weighted by atomic mass is 19.2. The maximum Gasteiger partial charge on any atom is 0.196 e. The fourth-order valence-corrected chi connectivity index (χ4v) is 1.27. The van der Waals surface area contributed by atoms with Crippen LogP contribution in [0.15, 0.2) is 0 Å². The molecule has 0 bridgehead atoms. The minimum absolute atomic E-state index is 0.0145. The molecule has 0 aliphatic heterocycles. The largest absolute Gasteiger partial charge is 0.203 e. The van der Waals surface area contributed by atoms with E-state index < -0.39 is 28.6 Å². The van der Waals surface area contributed by atoms with Crippen LogP contribution in [0.25, 0.3) is 0 Å². The van der Waals surface area contributed by atoms with Crippen molar-refractivity contribution >= 4 is 0 Å². The molecule has 2 nitrogen and oxygen atoms in total. The van der Waals surface area contributed by atoms with Crippen LogP contribution in [0.3, 0.4) is 0 Å². The van der Waals surface area contributed by atoms with Gasteiger partial charge in [0.2, 0.25) is 0 Å². The van der Waals surface area contributed by atoms with Crippen molar-refractivity contribution in [2.45, 2.75) is 13.3 Å². The number of nitriles is 2. The topological polar surface area (TPSA) is 47.6 Å². The second-order valence-electron chi connectivity index (χ2n) is 2.75. The van der Waals surface area contributed by atoms with Crippen molar-refractivity contribution in [2.75, 3.05) is 0 Å². The van der Waals surface area contributed by atoms with Gasteiger partial charge in [0.1, 0.15) is 17.7 Å². The van der Waals surface area contributed by atoms with E-state index in [9.17, 15) is 13.2 Å². The molecule has 76 valence electrons. The van der Waals surface area contributed by atoms with Crippen molar-refractivity contribution in [1.82, 2.24) is 0 Å². The van der Waals surface area contributed by atoms with Gasteiger partial charge in [0.05, 0.1) is 5.56 Å². The smallest absolute Gasteiger partial charge is 0.196 e. The fraction of sp³-hybridized carbons (Fsp3) is 0.200. The molecule has 0 unspecified atom stereocenters. The molecule has 0 heterocycles. The third-order valence-electron chi connectivity index (χ3n) is 2.00. The van der Waals surface area contributed by atoms with Gasteiger partial charge in [0.15, 0.2) is 17.5 Å². The van der Waals surface area contributed by atoms with Crippen LogP contribution in [0.1, 0.15) is 23.6 Å². The Balaban J connectivity index is 3.79. The number of rotatable bonds is 1. The van der Waals surface area contributed by atoms with E-state index in [2.05, 4.69) is 0 Å². The fourth-order valence-electron chi connectivity index (χ4n) is 1.27. The Morgan fingerprint density at radius 1 is 0.933 bits per heavy atom. The maximum absolute atomic E-state index is 13.2. The van der Waals surface area contributed by atoms with Crippen LogP contribution in [0.4, 0.5) is 13.2 Å². The van der Waals surface area contributed by atoms with Crippen LogP contribution < -0.4 is 0 Å². The van der Waals surface area contributed by atoms with Gasteiger partial charge in [-0.25, -0.2) is 13.2 Å². The third-order valence-corrected chi connectivity index (χ3v) is 2.00. The number of hydrogen-bond acceptors (Lipinski definition) is 2. The first-order valence-corrected chi connectivity index (χ1v) is 4.07. The predicted molar refractivity (Wildman–Crippen MR) is 45.1 cm³/mol. The summed E-state index contributed by atoms with van der Waals surface area (Å²) in [5, 5.41) is 17.2. The standard InChI is InChI=1S/C10H5F3N2/c1-2-5-6(3-14)7(4-15)9(12)10(13)8(5)11/h2H2,1H3. The Bertz CT molecular complexity index is 495. The van der Waals surface area contributed by atoms with Gasteiger partial charge in [0.25, 0.3) is 0 Å². The lowest BCUT2D eigenvalue weighted by atomic mass is 9.99. The minimum atomic E-state index is -1.71. The molecule has 5 heteroatoms. The van der Waals surface area contributed by atoms with Gasteiger partial charge >= 0.3 is 0 Å². The molecule has 0 aromatic heterocycles. The van der Waals surface area contributed by atoms with Gasteiger partial charge < -0.3 is 0 Å². The zero-order valence-corrected chi connectivity index (χ0v) is 7.74. The lowest BCUT2D eigenvalue weighted by Crippen LogP contribution is -2.05. The van der Waals surface area contributed by atoms with Crippen LogP contribution in [-0.4, -0.2) is 0 Å². The average molecular weight is 210 g/mol. The molecule has 0 saturated carbocycles. The Morgan fingerprint density at radius 2 is 1.47 bits per heavy atom. The van der Waals surface area contributed by atoms with Gasteiger partial charge in [-0.05, 0) is 6.42 Å². The van der Waals surface area contributed by atoms with E-state index in [-0.39, 0.29) is 12.0 Å². The van der Waals surface area contributed by atoms with Gasteiger partial charge in [-0.1, -0.05) is 6.92 Å². The third kappa shape index (κ3) is 1.53. The SMILES string of the molecule is CCc1c(F)c(F)c(F)c(C#N)c1C#N. The summed E-state index contributed by atoms with van der Waals surface area (Å²) in [6.07, 6.45) is 0.0145. The molecular weight excluding hydrogens is 205 g/mol. The highest BCUT2D eigenvalue weighted by Gasteiger charge is 2.23. The van der Waals surface area contributed by atoms with Crippen LogP contribution in [0.2, 0.25) is 0 Å².